The van der Waals surface area contributed by atoms with Crippen molar-refractivity contribution < 1.29 is 14.3 Å². The number of nitrogen functional groups attached to an aromatic ring is 1. The summed E-state index contributed by atoms with van der Waals surface area (Å²) >= 11 is 0. The first-order valence-corrected chi connectivity index (χ1v) is 7.06. The van der Waals surface area contributed by atoms with E-state index in [0.29, 0.717) is 22.7 Å². The second-order valence-electron chi connectivity index (χ2n) is 5.34. The Balaban J connectivity index is 2.14. The number of hydrogen-bond acceptors (Lipinski definition) is 5. The zero-order valence-electron chi connectivity index (χ0n) is 12.8. The van der Waals surface area contributed by atoms with Gasteiger partial charge in [-0.2, -0.15) is 0 Å². The number of carbonyl (C=O) groups is 1. The summed E-state index contributed by atoms with van der Waals surface area (Å²) in [5.41, 5.74) is 6.73. The maximum absolute atomic E-state index is 12.4. The molecule has 0 radical (unpaired) electrons. The predicted molar refractivity (Wildman–Crippen MR) is 81.9 cm³/mol. The second kappa shape index (κ2) is 6.67. The van der Waals surface area contributed by atoms with Gasteiger partial charge in [0, 0.05) is 12.1 Å². The number of carbonyl (C=O) groups excluding carboxylic acids is 1. The Bertz CT molecular complexity index is 511. The number of amides is 1. The van der Waals surface area contributed by atoms with Gasteiger partial charge in [0.25, 0.3) is 5.91 Å². The number of likely N-dealkylation sites (tertiary alicyclic amines) is 1. The summed E-state index contributed by atoms with van der Waals surface area (Å²) in [6.45, 7) is 1.98. The standard InChI is InChI=1S/C15H23N3O3/c1-18-6-4-10(5-7-18)17-15(19)12-8-11(20-2)9-13(21-3)14(12)16/h8-10H,4-7,16H2,1-3H3,(H,17,19). The van der Waals surface area contributed by atoms with Crippen LogP contribution < -0.4 is 20.5 Å². The first-order valence-electron chi connectivity index (χ1n) is 7.06. The van der Waals surface area contributed by atoms with Crippen molar-refractivity contribution in [3.63, 3.8) is 0 Å². The highest BCUT2D eigenvalue weighted by atomic mass is 16.5. The number of anilines is 1. The van der Waals surface area contributed by atoms with Gasteiger partial charge in [-0.25, -0.2) is 0 Å². The zero-order valence-corrected chi connectivity index (χ0v) is 12.8. The number of nitrogens with one attached hydrogen (secondary N) is 1. The molecule has 1 saturated heterocycles. The molecule has 1 aromatic rings. The third kappa shape index (κ3) is 3.58. The molecule has 0 spiro atoms. The summed E-state index contributed by atoms with van der Waals surface area (Å²) in [4.78, 5) is 14.7. The number of methoxy groups -OCH3 is 2. The molecule has 0 saturated carbocycles. The highest BCUT2D eigenvalue weighted by molar-refractivity contribution is 6.01. The van der Waals surface area contributed by atoms with Gasteiger partial charge in [0.1, 0.15) is 11.5 Å². The van der Waals surface area contributed by atoms with Crippen molar-refractivity contribution >= 4 is 11.6 Å². The largest absolute Gasteiger partial charge is 0.497 e. The summed E-state index contributed by atoms with van der Waals surface area (Å²) in [5, 5.41) is 3.04. The SMILES string of the molecule is COc1cc(OC)c(N)c(C(=O)NC2CCN(C)CC2)c1. The molecule has 21 heavy (non-hydrogen) atoms. The summed E-state index contributed by atoms with van der Waals surface area (Å²) in [7, 11) is 5.15. The van der Waals surface area contributed by atoms with Crippen LogP contribution in [-0.4, -0.2) is 51.2 Å². The van der Waals surface area contributed by atoms with Crippen molar-refractivity contribution in [2.75, 3.05) is 40.1 Å². The fourth-order valence-electron chi connectivity index (χ4n) is 2.49. The van der Waals surface area contributed by atoms with Crippen LogP contribution >= 0.6 is 0 Å². The molecule has 1 aromatic carbocycles. The van der Waals surface area contributed by atoms with Crippen LogP contribution in [0, 0.1) is 0 Å². The molecule has 6 heteroatoms. The van der Waals surface area contributed by atoms with Crippen LogP contribution in [0.25, 0.3) is 0 Å². The van der Waals surface area contributed by atoms with Crippen molar-refractivity contribution in [2.24, 2.45) is 0 Å². The molecule has 0 aromatic heterocycles. The highest BCUT2D eigenvalue weighted by Crippen LogP contribution is 2.31. The Hall–Kier alpha value is -1.95. The van der Waals surface area contributed by atoms with E-state index >= 15 is 0 Å². The quantitative estimate of drug-likeness (QED) is 0.813. The Morgan fingerprint density at radius 2 is 1.95 bits per heavy atom. The molecule has 1 aliphatic heterocycles. The minimum absolute atomic E-state index is 0.181. The Labute approximate surface area is 125 Å². The smallest absolute Gasteiger partial charge is 0.253 e. The van der Waals surface area contributed by atoms with Crippen LogP contribution in [0.1, 0.15) is 23.2 Å². The molecule has 2 rings (SSSR count). The average Bonchev–Trinajstić information content (AvgIpc) is 2.49. The van der Waals surface area contributed by atoms with E-state index in [-0.39, 0.29) is 11.9 Å². The van der Waals surface area contributed by atoms with Crippen LogP contribution in [0.3, 0.4) is 0 Å². The van der Waals surface area contributed by atoms with Gasteiger partial charge in [-0.15, -0.1) is 0 Å². The number of nitrogens with two attached hydrogens (primary N) is 1. The summed E-state index contributed by atoms with van der Waals surface area (Å²) in [6, 6.07) is 3.49. The monoisotopic (exact) mass is 293 g/mol. The first kappa shape index (κ1) is 15.4. The average molecular weight is 293 g/mol. The molecule has 6 nitrogen and oxygen atoms in total. The van der Waals surface area contributed by atoms with Crippen LogP contribution in [0.4, 0.5) is 5.69 Å². The van der Waals surface area contributed by atoms with Gasteiger partial charge in [0.2, 0.25) is 0 Å². The topological polar surface area (TPSA) is 76.8 Å². The van der Waals surface area contributed by atoms with Gasteiger partial charge in [-0.3, -0.25) is 4.79 Å². The molecule has 3 N–H and O–H groups in total. The van der Waals surface area contributed by atoms with Crippen molar-refractivity contribution in [1.82, 2.24) is 10.2 Å². The fraction of sp³-hybridized carbons (Fsp3) is 0.533. The summed E-state index contributed by atoms with van der Waals surface area (Å²) in [6.07, 6.45) is 1.90. The van der Waals surface area contributed by atoms with Crippen molar-refractivity contribution in [2.45, 2.75) is 18.9 Å². The molecule has 1 fully saturated rings. The fourth-order valence-corrected chi connectivity index (χ4v) is 2.49. The number of piperidine rings is 1. The van der Waals surface area contributed by atoms with E-state index in [0.717, 1.165) is 25.9 Å². The molecule has 0 unspecified atom stereocenters. The number of ether oxygens (including phenoxy) is 2. The van der Waals surface area contributed by atoms with Gasteiger partial charge >= 0.3 is 0 Å². The normalized spacial score (nSPS) is 16.5. The van der Waals surface area contributed by atoms with E-state index in [9.17, 15) is 4.79 Å². The Morgan fingerprint density at radius 3 is 2.52 bits per heavy atom. The third-order valence-corrected chi connectivity index (χ3v) is 3.87. The number of nitrogens with zero attached hydrogens (tertiary/aromatic N) is 1. The molecule has 0 bridgehead atoms. The maximum atomic E-state index is 12.4. The minimum atomic E-state index is -0.181. The van der Waals surface area contributed by atoms with E-state index in [4.69, 9.17) is 15.2 Å². The van der Waals surface area contributed by atoms with E-state index in [1.165, 1.54) is 7.11 Å². The molecule has 0 atom stereocenters. The lowest BCUT2D eigenvalue weighted by Gasteiger charge is -2.29. The highest BCUT2D eigenvalue weighted by Gasteiger charge is 2.22. The van der Waals surface area contributed by atoms with Crippen LogP contribution in [0.2, 0.25) is 0 Å². The second-order valence-corrected chi connectivity index (χ2v) is 5.34. The molecule has 1 heterocycles. The lowest BCUT2D eigenvalue weighted by Crippen LogP contribution is -2.43. The van der Waals surface area contributed by atoms with E-state index < -0.39 is 0 Å². The summed E-state index contributed by atoms with van der Waals surface area (Å²) < 4.78 is 10.4. The van der Waals surface area contributed by atoms with Gasteiger partial charge in [-0.1, -0.05) is 0 Å². The number of benzene rings is 1. The van der Waals surface area contributed by atoms with Crippen LogP contribution in [0.5, 0.6) is 11.5 Å². The minimum Gasteiger partial charge on any atom is -0.497 e. The van der Waals surface area contributed by atoms with Gasteiger partial charge in [0.05, 0.1) is 25.5 Å². The van der Waals surface area contributed by atoms with Gasteiger partial charge in [-0.05, 0) is 39.0 Å². The van der Waals surface area contributed by atoms with E-state index in [1.54, 1.807) is 19.2 Å². The molecule has 1 aliphatic rings. The van der Waals surface area contributed by atoms with Gasteiger partial charge in [0.15, 0.2) is 0 Å². The van der Waals surface area contributed by atoms with Crippen molar-refractivity contribution in [1.29, 1.82) is 0 Å². The number of rotatable bonds is 4. The summed E-state index contributed by atoms with van der Waals surface area (Å²) in [5.74, 6) is 0.816. The lowest BCUT2D eigenvalue weighted by molar-refractivity contribution is 0.0917. The first-order chi connectivity index (χ1) is 10.0. The molecule has 1 amide bonds. The molecule has 0 aliphatic carbocycles. The van der Waals surface area contributed by atoms with Crippen molar-refractivity contribution in [3.05, 3.63) is 17.7 Å². The number of hydrogen-bond donors (Lipinski definition) is 2. The Kier molecular flexibility index (Phi) is 4.90. The van der Waals surface area contributed by atoms with Crippen LogP contribution in [0.15, 0.2) is 12.1 Å². The van der Waals surface area contributed by atoms with Crippen LogP contribution in [-0.2, 0) is 0 Å². The van der Waals surface area contributed by atoms with Gasteiger partial charge < -0.3 is 25.4 Å². The predicted octanol–water partition coefficient (Wildman–Crippen LogP) is 1.11. The van der Waals surface area contributed by atoms with E-state index in [2.05, 4.69) is 17.3 Å². The van der Waals surface area contributed by atoms with Crippen molar-refractivity contribution in [3.8, 4) is 11.5 Å². The molecular formula is C15H23N3O3. The maximum Gasteiger partial charge on any atom is 0.253 e. The zero-order chi connectivity index (χ0) is 15.4. The third-order valence-electron chi connectivity index (χ3n) is 3.87. The Morgan fingerprint density at radius 1 is 1.29 bits per heavy atom. The van der Waals surface area contributed by atoms with E-state index in [1.807, 2.05) is 0 Å². The lowest BCUT2D eigenvalue weighted by atomic mass is 10.0. The molecular weight excluding hydrogens is 270 g/mol. The molecule has 116 valence electrons.